The van der Waals surface area contributed by atoms with Gasteiger partial charge in [0.05, 0.1) is 11.8 Å². The number of hydrogen-bond acceptors (Lipinski definition) is 4. The first-order chi connectivity index (χ1) is 10.8. The summed E-state index contributed by atoms with van der Waals surface area (Å²) in [6.45, 7) is 0. The van der Waals surface area contributed by atoms with Crippen LogP contribution in [0.2, 0.25) is 0 Å². The van der Waals surface area contributed by atoms with E-state index < -0.39 is 13.9 Å². The van der Waals surface area contributed by atoms with Gasteiger partial charge in [-0.25, -0.2) is 4.57 Å². The summed E-state index contributed by atoms with van der Waals surface area (Å²) < 4.78 is 14.4. The first-order valence-corrected chi connectivity index (χ1v) is 8.53. The molecule has 7 nitrogen and oxygen atoms in total. The Morgan fingerprint density at radius 3 is 2.65 bits per heavy atom. The highest BCUT2D eigenvalue weighted by atomic mass is 31.2. The minimum absolute atomic E-state index is 0.0241. The fourth-order valence-electron chi connectivity index (χ4n) is 2.40. The number of hydrogen-bond donors (Lipinski definition) is 5. The van der Waals surface area contributed by atoms with Crippen LogP contribution in [0.25, 0.3) is 0 Å². The number of nitrogens with zero attached hydrogens (tertiary/aromatic N) is 1. The topological polar surface area (TPSA) is 131 Å². The molecule has 0 spiro atoms. The molecular weight excluding hydrogens is 321 g/mol. The second-order valence-corrected chi connectivity index (χ2v) is 6.42. The Morgan fingerprint density at radius 2 is 2.00 bits per heavy atom. The summed E-state index contributed by atoms with van der Waals surface area (Å²) in [7, 11) is -4.66. The van der Waals surface area contributed by atoms with Gasteiger partial charge in [-0.2, -0.15) is 4.76 Å². The van der Waals surface area contributed by atoms with Gasteiger partial charge in [-0.1, -0.05) is 18.2 Å². The van der Waals surface area contributed by atoms with Gasteiger partial charge in [0.25, 0.3) is 0 Å². The van der Waals surface area contributed by atoms with Crippen molar-refractivity contribution >= 4 is 13.5 Å². The van der Waals surface area contributed by atoms with Crippen LogP contribution in [0.5, 0.6) is 5.75 Å². The van der Waals surface area contributed by atoms with E-state index in [-0.39, 0.29) is 35.6 Å². The average molecular weight is 339 g/mol. The van der Waals surface area contributed by atoms with Crippen molar-refractivity contribution in [2.24, 2.45) is 4.76 Å². The van der Waals surface area contributed by atoms with Crippen molar-refractivity contribution in [3.8, 4) is 5.75 Å². The number of aromatic hydroxyl groups is 1. The number of aliphatic hydroxyl groups is 2. The standard InChI is InChI=1S/C15H18NO6P/c17-11-4-1-3-10(9-11)7-8-14(19)15-12(16-23(20,21)22)5-2-6-13(15)18/h1-4,6,9,14,17-19H,5,7-8H2,(H2,20,21,22). The minimum atomic E-state index is -4.66. The normalized spacial score (nSPS) is 18.5. The number of rotatable bonds is 5. The molecule has 1 aliphatic rings. The highest BCUT2D eigenvalue weighted by Gasteiger charge is 2.25. The number of aryl methyl sites for hydroxylation is 1. The molecule has 0 fully saturated rings. The van der Waals surface area contributed by atoms with Crippen LogP contribution >= 0.6 is 7.75 Å². The van der Waals surface area contributed by atoms with Crippen molar-refractivity contribution in [1.29, 1.82) is 0 Å². The van der Waals surface area contributed by atoms with E-state index in [2.05, 4.69) is 4.76 Å². The van der Waals surface area contributed by atoms with E-state index in [1.165, 1.54) is 18.2 Å². The van der Waals surface area contributed by atoms with Gasteiger partial charge in [-0.15, -0.1) is 0 Å². The molecule has 8 heteroatoms. The van der Waals surface area contributed by atoms with E-state index >= 15 is 0 Å². The predicted octanol–water partition coefficient (Wildman–Crippen LogP) is 1.99. The van der Waals surface area contributed by atoms with Crippen LogP contribution in [0.1, 0.15) is 18.4 Å². The van der Waals surface area contributed by atoms with Gasteiger partial charge in [0.1, 0.15) is 11.5 Å². The first-order valence-electron chi connectivity index (χ1n) is 6.97. The number of benzene rings is 1. The first kappa shape index (κ1) is 17.4. The lowest BCUT2D eigenvalue weighted by atomic mass is 9.92. The van der Waals surface area contributed by atoms with Gasteiger partial charge in [-0.3, -0.25) is 0 Å². The zero-order valence-electron chi connectivity index (χ0n) is 12.2. The molecule has 0 bridgehead atoms. The number of allylic oxidation sites excluding steroid dienone is 2. The van der Waals surface area contributed by atoms with E-state index in [0.29, 0.717) is 6.42 Å². The highest BCUT2D eigenvalue weighted by Crippen LogP contribution is 2.38. The lowest BCUT2D eigenvalue weighted by molar-refractivity contribution is 0.200. The van der Waals surface area contributed by atoms with Crippen molar-refractivity contribution in [3.05, 3.63) is 53.3 Å². The lowest BCUT2D eigenvalue weighted by Crippen LogP contribution is -2.22. The van der Waals surface area contributed by atoms with Crippen LogP contribution in [0.15, 0.2) is 52.5 Å². The van der Waals surface area contributed by atoms with Crippen molar-refractivity contribution in [2.75, 3.05) is 0 Å². The maximum atomic E-state index is 11.1. The van der Waals surface area contributed by atoms with Gasteiger partial charge in [0, 0.05) is 12.0 Å². The van der Waals surface area contributed by atoms with Crippen LogP contribution in [-0.4, -0.2) is 36.9 Å². The summed E-state index contributed by atoms with van der Waals surface area (Å²) in [4.78, 5) is 18.0. The second-order valence-electron chi connectivity index (χ2n) is 5.19. The molecule has 1 unspecified atom stereocenters. The molecule has 2 rings (SSSR count). The maximum Gasteiger partial charge on any atom is 0.448 e. The fraction of sp³-hybridized carbons (Fsp3) is 0.267. The average Bonchev–Trinajstić information content (AvgIpc) is 2.43. The third-order valence-electron chi connectivity index (χ3n) is 3.37. The maximum absolute atomic E-state index is 11.1. The third kappa shape index (κ3) is 5.04. The van der Waals surface area contributed by atoms with Crippen molar-refractivity contribution in [2.45, 2.75) is 25.4 Å². The molecule has 1 aromatic carbocycles. The monoisotopic (exact) mass is 339 g/mol. The SMILES string of the molecule is O=P(O)(O)N=C1CC=CC(O)=C1C(O)CCc1cccc(O)c1. The van der Waals surface area contributed by atoms with Gasteiger partial charge >= 0.3 is 7.75 Å². The fourth-order valence-corrected chi connectivity index (χ4v) is 2.91. The Balaban J connectivity index is 2.18. The number of phenolic OH excluding ortho intramolecular Hbond substituents is 1. The van der Waals surface area contributed by atoms with Gasteiger partial charge in [0.2, 0.25) is 0 Å². The predicted molar refractivity (Wildman–Crippen MR) is 85.3 cm³/mol. The molecule has 0 heterocycles. The third-order valence-corrected chi connectivity index (χ3v) is 3.88. The molecule has 1 aliphatic carbocycles. The highest BCUT2D eigenvalue weighted by molar-refractivity contribution is 7.50. The van der Waals surface area contributed by atoms with Crippen LogP contribution in [0, 0.1) is 0 Å². The largest absolute Gasteiger partial charge is 0.508 e. The molecule has 1 aromatic rings. The molecule has 0 amide bonds. The Bertz CT molecular complexity index is 718. The van der Waals surface area contributed by atoms with Crippen LogP contribution < -0.4 is 0 Å². The van der Waals surface area contributed by atoms with E-state index in [1.54, 1.807) is 18.2 Å². The Labute approximate surface area is 133 Å². The summed E-state index contributed by atoms with van der Waals surface area (Å²) in [5, 5.41) is 29.6. The quantitative estimate of drug-likeness (QED) is 0.522. The molecule has 0 aromatic heterocycles. The summed E-state index contributed by atoms with van der Waals surface area (Å²) in [5.41, 5.74) is 0.793. The minimum Gasteiger partial charge on any atom is -0.508 e. The summed E-state index contributed by atoms with van der Waals surface area (Å²) in [6, 6.07) is 6.56. The summed E-state index contributed by atoms with van der Waals surface area (Å²) in [6.07, 6.45) is 2.48. The van der Waals surface area contributed by atoms with Crippen molar-refractivity contribution in [3.63, 3.8) is 0 Å². The van der Waals surface area contributed by atoms with Crippen LogP contribution in [-0.2, 0) is 11.0 Å². The molecular formula is C15H18NO6P. The van der Waals surface area contributed by atoms with E-state index in [0.717, 1.165) is 5.56 Å². The van der Waals surface area contributed by atoms with E-state index in [4.69, 9.17) is 9.79 Å². The molecule has 0 saturated carbocycles. The molecule has 5 N–H and O–H groups in total. The zero-order chi connectivity index (χ0) is 17.0. The molecule has 0 saturated heterocycles. The Morgan fingerprint density at radius 1 is 1.26 bits per heavy atom. The summed E-state index contributed by atoms with van der Waals surface area (Å²) in [5.74, 6) is -0.143. The Hall–Kier alpha value is -1.92. The molecule has 124 valence electrons. The van der Waals surface area contributed by atoms with Crippen LogP contribution in [0.3, 0.4) is 0 Å². The van der Waals surface area contributed by atoms with Crippen molar-refractivity contribution < 1.29 is 29.7 Å². The Kier molecular flexibility index (Phi) is 5.38. The van der Waals surface area contributed by atoms with Crippen LogP contribution in [0.4, 0.5) is 0 Å². The van der Waals surface area contributed by atoms with E-state index in [1.807, 2.05) is 0 Å². The molecule has 23 heavy (non-hydrogen) atoms. The second kappa shape index (κ2) is 7.10. The molecule has 0 radical (unpaired) electrons. The number of phenols is 1. The van der Waals surface area contributed by atoms with E-state index in [9.17, 15) is 19.9 Å². The molecule has 1 atom stereocenters. The van der Waals surface area contributed by atoms with Gasteiger partial charge in [-0.05, 0) is 36.6 Å². The van der Waals surface area contributed by atoms with Gasteiger partial charge < -0.3 is 25.1 Å². The van der Waals surface area contributed by atoms with Crippen molar-refractivity contribution in [1.82, 2.24) is 0 Å². The number of aliphatic hydroxyl groups excluding tert-OH is 2. The molecule has 0 aliphatic heterocycles. The lowest BCUT2D eigenvalue weighted by Gasteiger charge is -2.20. The zero-order valence-corrected chi connectivity index (χ0v) is 13.1. The summed E-state index contributed by atoms with van der Waals surface area (Å²) >= 11 is 0. The van der Waals surface area contributed by atoms with Gasteiger partial charge in [0.15, 0.2) is 0 Å². The smallest absolute Gasteiger partial charge is 0.448 e.